The van der Waals surface area contributed by atoms with E-state index in [4.69, 9.17) is 4.42 Å². The van der Waals surface area contributed by atoms with Crippen LogP contribution in [0.15, 0.2) is 64.4 Å². The number of fused-ring (bicyclic) bond motifs is 1. The van der Waals surface area contributed by atoms with Crippen LogP contribution in [0.1, 0.15) is 0 Å². The fourth-order valence-corrected chi connectivity index (χ4v) is 3.04. The van der Waals surface area contributed by atoms with Gasteiger partial charge in [0.15, 0.2) is 10.9 Å². The molecule has 2 amide bonds. The average Bonchev–Trinajstić information content (AvgIpc) is 3.23. The minimum absolute atomic E-state index is 0.360. The minimum atomic E-state index is -0.447. The molecule has 0 aliphatic carbocycles. The van der Waals surface area contributed by atoms with E-state index in [9.17, 15) is 9.18 Å². The summed E-state index contributed by atoms with van der Waals surface area (Å²) in [4.78, 5) is 16.3. The summed E-state index contributed by atoms with van der Waals surface area (Å²) in [5.74, 6) is 0.283. The Morgan fingerprint density at radius 1 is 1.08 bits per heavy atom. The van der Waals surface area contributed by atoms with Crippen molar-refractivity contribution in [3.63, 3.8) is 0 Å². The molecule has 4 rings (SSSR count). The normalized spacial score (nSPS) is 10.8. The lowest BCUT2D eigenvalue weighted by atomic mass is 10.2. The van der Waals surface area contributed by atoms with E-state index in [2.05, 4.69) is 15.6 Å². The predicted octanol–water partition coefficient (Wildman–Crippen LogP) is 5.34. The van der Waals surface area contributed by atoms with Crippen LogP contribution < -0.4 is 10.6 Å². The number of hydrogen-bond donors (Lipinski definition) is 2. The highest BCUT2D eigenvalue weighted by Crippen LogP contribution is 2.30. The standard InChI is InChI=1S/C18H12FN3O2S/c19-12-5-7-13(8-6-12)20-17(23)22-18-21-14(10-25-18)16-9-11-3-1-2-4-15(11)24-16/h1-10H,(H2,20,21,22,23). The maximum atomic E-state index is 12.9. The Kier molecular flexibility index (Phi) is 3.91. The summed E-state index contributed by atoms with van der Waals surface area (Å²) >= 11 is 1.29. The second-order valence-corrected chi connectivity index (χ2v) is 6.13. The highest BCUT2D eigenvalue weighted by molar-refractivity contribution is 7.14. The number of hydrogen-bond acceptors (Lipinski definition) is 4. The van der Waals surface area contributed by atoms with Crippen molar-refractivity contribution in [3.05, 3.63) is 65.8 Å². The lowest BCUT2D eigenvalue weighted by molar-refractivity contribution is 0.262. The number of nitrogens with one attached hydrogen (secondary N) is 2. The fraction of sp³-hybridized carbons (Fsp3) is 0. The number of aromatic nitrogens is 1. The van der Waals surface area contributed by atoms with Crippen LogP contribution in [-0.2, 0) is 0 Å². The van der Waals surface area contributed by atoms with Gasteiger partial charge in [-0.25, -0.2) is 14.2 Å². The third kappa shape index (κ3) is 3.36. The molecule has 0 saturated carbocycles. The molecule has 4 aromatic rings. The van der Waals surface area contributed by atoms with Gasteiger partial charge in [0.05, 0.1) is 0 Å². The number of benzene rings is 2. The molecule has 2 aromatic heterocycles. The van der Waals surface area contributed by atoms with Gasteiger partial charge >= 0.3 is 6.03 Å². The molecule has 124 valence electrons. The summed E-state index contributed by atoms with van der Waals surface area (Å²) in [5.41, 5.74) is 1.93. The lowest BCUT2D eigenvalue weighted by Crippen LogP contribution is -2.19. The Morgan fingerprint density at radius 2 is 1.88 bits per heavy atom. The number of carbonyl (C=O) groups is 1. The Bertz CT molecular complexity index is 1010. The van der Waals surface area contributed by atoms with Crippen LogP contribution >= 0.6 is 11.3 Å². The monoisotopic (exact) mass is 353 g/mol. The Balaban J connectivity index is 1.47. The second kappa shape index (κ2) is 6.37. The molecule has 0 atom stereocenters. The first kappa shape index (κ1) is 15.3. The molecule has 0 saturated heterocycles. The van der Waals surface area contributed by atoms with E-state index in [1.54, 1.807) is 0 Å². The molecule has 0 fully saturated rings. The van der Waals surface area contributed by atoms with Gasteiger partial charge in [0, 0.05) is 16.5 Å². The lowest BCUT2D eigenvalue weighted by Gasteiger charge is -2.04. The molecule has 0 bridgehead atoms. The zero-order valence-electron chi connectivity index (χ0n) is 12.8. The number of anilines is 2. The van der Waals surface area contributed by atoms with E-state index in [1.165, 1.54) is 35.6 Å². The summed E-state index contributed by atoms with van der Waals surface area (Å²) in [6, 6.07) is 14.7. The maximum absolute atomic E-state index is 12.9. The molecule has 0 spiro atoms. The summed E-state index contributed by atoms with van der Waals surface area (Å²) in [6.45, 7) is 0. The number of rotatable bonds is 3. The topological polar surface area (TPSA) is 67.2 Å². The largest absolute Gasteiger partial charge is 0.454 e. The van der Waals surface area contributed by atoms with Gasteiger partial charge in [-0.1, -0.05) is 18.2 Å². The third-order valence-electron chi connectivity index (χ3n) is 3.50. The van der Waals surface area contributed by atoms with Crippen molar-refractivity contribution in [1.82, 2.24) is 4.98 Å². The molecule has 0 aliphatic heterocycles. The zero-order valence-corrected chi connectivity index (χ0v) is 13.6. The number of thiazole rings is 1. The first-order valence-electron chi connectivity index (χ1n) is 7.45. The van der Waals surface area contributed by atoms with Gasteiger partial charge in [0.1, 0.15) is 17.1 Å². The molecular weight excluding hydrogens is 341 g/mol. The number of carbonyl (C=O) groups excluding carboxylic acids is 1. The van der Waals surface area contributed by atoms with Crippen molar-refractivity contribution in [2.24, 2.45) is 0 Å². The molecule has 0 radical (unpaired) electrons. The van der Waals surface area contributed by atoms with Crippen LogP contribution in [0.5, 0.6) is 0 Å². The van der Waals surface area contributed by atoms with Crippen molar-refractivity contribution >= 4 is 39.2 Å². The minimum Gasteiger partial charge on any atom is -0.454 e. The second-order valence-electron chi connectivity index (χ2n) is 5.27. The van der Waals surface area contributed by atoms with E-state index >= 15 is 0 Å². The molecule has 7 heteroatoms. The van der Waals surface area contributed by atoms with Crippen LogP contribution in [0.2, 0.25) is 0 Å². The number of urea groups is 1. The van der Waals surface area contributed by atoms with Crippen molar-refractivity contribution < 1.29 is 13.6 Å². The first-order chi connectivity index (χ1) is 12.2. The SMILES string of the molecule is O=C(Nc1ccc(F)cc1)Nc1nc(-c2cc3ccccc3o2)cs1. The number of furan rings is 1. The number of halogens is 1. The molecule has 2 aromatic carbocycles. The molecule has 0 unspecified atom stereocenters. The summed E-state index contributed by atoms with van der Waals surface area (Å²) in [6.07, 6.45) is 0. The quantitative estimate of drug-likeness (QED) is 0.522. The van der Waals surface area contributed by atoms with Gasteiger partial charge in [-0.3, -0.25) is 5.32 Å². The highest BCUT2D eigenvalue weighted by Gasteiger charge is 2.12. The Morgan fingerprint density at radius 3 is 2.68 bits per heavy atom. The van der Waals surface area contributed by atoms with Gasteiger partial charge in [0.2, 0.25) is 0 Å². The maximum Gasteiger partial charge on any atom is 0.325 e. The molecule has 2 N–H and O–H groups in total. The van der Waals surface area contributed by atoms with Gasteiger partial charge < -0.3 is 9.73 Å². The number of amides is 2. The number of para-hydroxylation sites is 1. The fourth-order valence-electron chi connectivity index (χ4n) is 2.35. The van der Waals surface area contributed by atoms with Crippen molar-refractivity contribution in [2.75, 3.05) is 10.6 Å². The third-order valence-corrected chi connectivity index (χ3v) is 4.26. The molecule has 5 nitrogen and oxygen atoms in total. The van der Waals surface area contributed by atoms with Crippen LogP contribution in [0.4, 0.5) is 20.0 Å². The summed E-state index contributed by atoms with van der Waals surface area (Å²) in [7, 11) is 0. The predicted molar refractivity (Wildman–Crippen MR) is 96.4 cm³/mol. The van der Waals surface area contributed by atoms with Crippen molar-refractivity contribution in [3.8, 4) is 11.5 Å². The van der Waals surface area contributed by atoms with E-state index in [0.29, 0.717) is 22.3 Å². The van der Waals surface area contributed by atoms with Crippen LogP contribution in [0.25, 0.3) is 22.4 Å². The molecular formula is C18H12FN3O2S. The summed E-state index contributed by atoms with van der Waals surface area (Å²) in [5, 5.41) is 8.51. The Labute approximate surface area is 146 Å². The molecule has 25 heavy (non-hydrogen) atoms. The van der Waals surface area contributed by atoms with E-state index < -0.39 is 6.03 Å². The van der Waals surface area contributed by atoms with Gasteiger partial charge in [0.25, 0.3) is 0 Å². The highest BCUT2D eigenvalue weighted by atomic mass is 32.1. The van der Waals surface area contributed by atoms with Gasteiger partial charge in [-0.15, -0.1) is 11.3 Å². The van der Waals surface area contributed by atoms with Gasteiger partial charge in [-0.05, 0) is 36.4 Å². The molecule has 0 aliphatic rings. The van der Waals surface area contributed by atoms with Gasteiger partial charge in [-0.2, -0.15) is 0 Å². The van der Waals surface area contributed by atoms with Crippen LogP contribution in [0, 0.1) is 5.82 Å². The smallest absolute Gasteiger partial charge is 0.325 e. The van der Waals surface area contributed by atoms with E-state index in [0.717, 1.165) is 11.0 Å². The molecule has 2 heterocycles. The van der Waals surface area contributed by atoms with Crippen LogP contribution in [0.3, 0.4) is 0 Å². The van der Waals surface area contributed by atoms with Crippen LogP contribution in [-0.4, -0.2) is 11.0 Å². The summed E-state index contributed by atoms with van der Waals surface area (Å²) < 4.78 is 18.6. The van der Waals surface area contributed by atoms with E-state index in [1.807, 2.05) is 35.7 Å². The van der Waals surface area contributed by atoms with E-state index in [-0.39, 0.29) is 5.82 Å². The number of nitrogens with zero attached hydrogens (tertiary/aromatic N) is 1. The average molecular weight is 353 g/mol. The van der Waals surface area contributed by atoms with Crippen molar-refractivity contribution in [2.45, 2.75) is 0 Å². The Hall–Kier alpha value is -3.19. The van der Waals surface area contributed by atoms with Crippen molar-refractivity contribution in [1.29, 1.82) is 0 Å². The first-order valence-corrected chi connectivity index (χ1v) is 8.33. The zero-order chi connectivity index (χ0) is 17.2.